The summed E-state index contributed by atoms with van der Waals surface area (Å²) >= 11 is 0. The molecule has 5 nitrogen and oxygen atoms in total. The molecule has 3 rings (SSSR count). The van der Waals surface area contributed by atoms with E-state index in [1.807, 2.05) is 47.4 Å². The molecule has 1 aliphatic heterocycles. The smallest absolute Gasteiger partial charge is 0.240 e. The topological polar surface area (TPSA) is 65.4 Å². The van der Waals surface area contributed by atoms with E-state index in [1.165, 1.54) is 0 Å². The summed E-state index contributed by atoms with van der Waals surface area (Å²) < 4.78 is 5.22. The Morgan fingerprint density at radius 1 is 1.24 bits per heavy atom. The number of methoxy groups -OCH3 is 1. The summed E-state index contributed by atoms with van der Waals surface area (Å²) in [6, 6.07) is 17.2. The number of benzene rings is 2. The lowest BCUT2D eigenvalue weighted by atomic mass is 10.1. The molecular formula is C20H21N3O2. The second-order valence-electron chi connectivity index (χ2n) is 6.15. The fourth-order valence-corrected chi connectivity index (χ4v) is 3.07. The van der Waals surface area contributed by atoms with E-state index in [0.29, 0.717) is 18.7 Å². The van der Waals surface area contributed by atoms with Gasteiger partial charge in [-0.05, 0) is 41.8 Å². The van der Waals surface area contributed by atoms with Gasteiger partial charge in [0, 0.05) is 19.6 Å². The maximum Gasteiger partial charge on any atom is 0.240 e. The number of carbonyl (C=O) groups is 1. The molecule has 0 aliphatic carbocycles. The highest BCUT2D eigenvalue weighted by atomic mass is 16.5. The van der Waals surface area contributed by atoms with E-state index >= 15 is 0 Å². The lowest BCUT2D eigenvalue weighted by Gasteiger charge is -2.17. The van der Waals surface area contributed by atoms with Gasteiger partial charge in [0.15, 0.2) is 0 Å². The van der Waals surface area contributed by atoms with E-state index in [0.717, 1.165) is 29.8 Å². The van der Waals surface area contributed by atoms with Crippen LogP contribution in [0.4, 0.5) is 0 Å². The van der Waals surface area contributed by atoms with Crippen molar-refractivity contribution in [3.63, 3.8) is 0 Å². The zero-order valence-electron chi connectivity index (χ0n) is 14.2. The normalized spacial score (nSPS) is 16.7. The minimum absolute atomic E-state index is 0.116. The summed E-state index contributed by atoms with van der Waals surface area (Å²) in [7, 11) is 1.65. The second-order valence-corrected chi connectivity index (χ2v) is 6.15. The minimum atomic E-state index is -0.162. The fraction of sp³-hybridized carbons (Fsp3) is 0.300. The summed E-state index contributed by atoms with van der Waals surface area (Å²) in [5.41, 5.74) is 2.70. The molecule has 1 N–H and O–H groups in total. The molecule has 5 heteroatoms. The van der Waals surface area contributed by atoms with Crippen molar-refractivity contribution in [3.05, 3.63) is 65.2 Å². The van der Waals surface area contributed by atoms with Gasteiger partial charge in [-0.3, -0.25) is 4.79 Å². The molecule has 0 spiro atoms. The van der Waals surface area contributed by atoms with Crippen LogP contribution in [-0.4, -0.2) is 30.5 Å². The first-order valence-electron chi connectivity index (χ1n) is 8.34. The van der Waals surface area contributed by atoms with E-state index in [-0.39, 0.29) is 11.9 Å². The van der Waals surface area contributed by atoms with Crippen LogP contribution in [0.2, 0.25) is 0 Å². The molecule has 0 aromatic heterocycles. The predicted octanol–water partition coefficient (Wildman–Crippen LogP) is 2.46. The Kier molecular flexibility index (Phi) is 5.32. The number of nitriles is 1. The number of likely N-dealkylation sites (tertiary alicyclic amines) is 1. The molecule has 1 amide bonds. The standard InChI is InChI=1S/C20H21N3O2/c1-25-18-7-3-5-16(11-18)13-22-19-8-9-23(20(19)24)14-17-6-2-4-15(10-17)12-21/h2-7,10-11,19,22H,8-9,13-14H2,1H3/t19-/m0/s1. The van der Waals surface area contributed by atoms with Gasteiger partial charge in [0.25, 0.3) is 0 Å². The van der Waals surface area contributed by atoms with Crippen molar-refractivity contribution in [2.45, 2.75) is 25.6 Å². The molecule has 25 heavy (non-hydrogen) atoms. The molecule has 0 bridgehead atoms. The fourth-order valence-electron chi connectivity index (χ4n) is 3.07. The number of hydrogen-bond donors (Lipinski definition) is 1. The zero-order valence-corrected chi connectivity index (χ0v) is 14.2. The van der Waals surface area contributed by atoms with Crippen LogP contribution in [0.25, 0.3) is 0 Å². The van der Waals surface area contributed by atoms with E-state index in [2.05, 4.69) is 11.4 Å². The third-order valence-corrected chi connectivity index (χ3v) is 4.41. The number of nitrogens with zero attached hydrogens (tertiary/aromatic N) is 2. The van der Waals surface area contributed by atoms with Gasteiger partial charge in [-0.1, -0.05) is 24.3 Å². The van der Waals surface area contributed by atoms with E-state index in [9.17, 15) is 4.79 Å². The van der Waals surface area contributed by atoms with Crippen LogP contribution in [0.15, 0.2) is 48.5 Å². The van der Waals surface area contributed by atoms with Gasteiger partial charge in [0.2, 0.25) is 5.91 Å². The largest absolute Gasteiger partial charge is 0.497 e. The Balaban J connectivity index is 1.57. The van der Waals surface area contributed by atoms with Gasteiger partial charge in [0.1, 0.15) is 5.75 Å². The quantitative estimate of drug-likeness (QED) is 0.881. The number of hydrogen-bond acceptors (Lipinski definition) is 4. The maximum atomic E-state index is 12.6. The van der Waals surface area contributed by atoms with Crippen LogP contribution >= 0.6 is 0 Å². The highest BCUT2D eigenvalue weighted by Gasteiger charge is 2.31. The van der Waals surface area contributed by atoms with E-state index in [4.69, 9.17) is 10.00 Å². The van der Waals surface area contributed by atoms with Crippen LogP contribution in [0, 0.1) is 11.3 Å². The molecular weight excluding hydrogens is 314 g/mol. The first kappa shape index (κ1) is 17.0. The number of carbonyl (C=O) groups excluding carboxylic acids is 1. The van der Waals surface area contributed by atoms with Crippen LogP contribution in [-0.2, 0) is 17.9 Å². The zero-order chi connectivity index (χ0) is 17.6. The van der Waals surface area contributed by atoms with Crippen molar-refractivity contribution in [1.82, 2.24) is 10.2 Å². The molecule has 1 atom stereocenters. The predicted molar refractivity (Wildman–Crippen MR) is 94.8 cm³/mol. The lowest BCUT2D eigenvalue weighted by Crippen LogP contribution is -2.37. The second kappa shape index (κ2) is 7.82. The average Bonchev–Trinajstić information content (AvgIpc) is 3.00. The number of amides is 1. The number of nitrogens with one attached hydrogen (secondary N) is 1. The first-order chi connectivity index (χ1) is 12.2. The van der Waals surface area contributed by atoms with Gasteiger partial charge in [-0.15, -0.1) is 0 Å². The van der Waals surface area contributed by atoms with Crippen molar-refractivity contribution in [3.8, 4) is 11.8 Å². The Labute approximate surface area is 147 Å². The van der Waals surface area contributed by atoms with Crippen molar-refractivity contribution in [2.24, 2.45) is 0 Å². The average molecular weight is 335 g/mol. The summed E-state index contributed by atoms with van der Waals surface area (Å²) in [5.74, 6) is 0.932. The molecule has 1 heterocycles. The summed E-state index contributed by atoms with van der Waals surface area (Å²) in [6.45, 7) is 1.91. The molecule has 1 fully saturated rings. The maximum absolute atomic E-state index is 12.6. The van der Waals surface area contributed by atoms with Crippen LogP contribution in [0.5, 0.6) is 5.75 Å². The van der Waals surface area contributed by atoms with Crippen LogP contribution in [0.1, 0.15) is 23.1 Å². The minimum Gasteiger partial charge on any atom is -0.497 e. The highest BCUT2D eigenvalue weighted by Crippen LogP contribution is 2.17. The number of rotatable bonds is 6. The third-order valence-electron chi connectivity index (χ3n) is 4.41. The van der Waals surface area contributed by atoms with Crippen molar-refractivity contribution >= 4 is 5.91 Å². The third kappa shape index (κ3) is 4.17. The molecule has 1 saturated heterocycles. The molecule has 2 aromatic rings. The van der Waals surface area contributed by atoms with Crippen molar-refractivity contribution in [1.29, 1.82) is 5.26 Å². The van der Waals surface area contributed by atoms with Gasteiger partial charge in [0.05, 0.1) is 24.8 Å². The highest BCUT2D eigenvalue weighted by molar-refractivity contribution is 5.84. The Morgan fingerprint density at radius 2 is 2.04 bits per heavy atom. The monoisotopic (exact) mass is 335 g/mol. The van der Waals surface area contributed by atoms with Crippen molar-refractivity contribution in [2.75, 3.05) is 13.7 Å². The summed E-state index contributed by atoms with van der Waals surface area (Å²) in [6.07, 6.45) is 0.792. The lowest BCUT2D eigenvalue weighted by molar-refractivity contribution is -0.129. The van der Waals surface area contributed by atoms with Crippen molar-refractivity contribution < 1.29 is 9.53 Å². The first-order valence-corrected chi connectivity index (χ1v) is 8.34. The van der Waals surface area contributed by atoms with Crippen LogP contribution in [0.3, 0.4) is 0 Å². The van der Waals surface area contributed by atoms with Gasteiger partial charge >= 0.3 is 0 Å². The molecule has 0 radical (unpaired) electrons. The molecule has 2 aromatic carbocycles. The van der Waals surface area contributed by atoms with E-state index in [1.54, 1.807) is 13.2 Å². The number of ether oxygens (including phenoxy) is 1. The SMILES string of the molecule is COc1cccc(CN[C@H]2CCN(Cc3cccc(C#N)c3)C2=O)c1. The summed E-state index contributed by atoms with van der Waals surface area (Å²) in [5, 5.41) is 12.3. The molecule has 0 saturated carbocycles. The molecule has 128 valence electrons. The Morgan fingerprint density at radius 3 is 2.84 bits per heavy atom. The Bertz CT molecular complexity index is 798. The Hall–Kier alpha value is -2.84. The van der Waals surface area contributed by atoms with Gasteiger partial charge < -0.3 is 15.0 Å². The summed E-state index contributed by atoms with van der Waals surface area (Å²) in [4.78, 5) is 14.4. The molecule has 0 unspecified atom stereocenters. The molecule has 1 aliphatic rings. The van der Waals surface area contributed by atoms with Crippen LogP contribution < -0.4 is 10.1 Å². The van der Waals surface area contributed by atoms with Gasteiger partial charge in [-0.2, -0.15) is 5.26 Å². The van der Waals surface area contributed by atoms with E-state index < -0.39 is 0 Å². The van der Waals surface area contributed by atoms with Gasteiger partial charge in [-0.25, -0.2) is 0 Å².